The maximum absolute atomic E-state index is 13.5. The van der Waals surface area contributed by atoms with Gasteiger partial charge in [0.2, 0.25) is 5.88 Å². The average Bonchev–Trinajstić information content (AvgIpc) is 3.22. The molecule has 0 spiro atoms. The van der Waals surface area contributed by atoms with Crippen molar-refractivity contribution >= 4 is 22.6 Å². The van der Waals surface area contributed by atoms with Crippen molar-refractivity contribution in [1.82, 2.24) is 25.1 Å². The Balaban J connectivity index is 1.48. The van der Waals surface area contributed by atoms with Crippen LogP contribution in [0, 0.1) is 0 Å². The quantitative estimate of drug-likeness (QED) is 0.655. The fourth-order valence-corrected chi connectivity index (χ4v) is 4.26. The Kier molecular flexibility index (Phi) is 5.32. The maximum atomic E-state index is 13.5. The fourth-order valence-electron chi connectivity index (χ4n) is 4.26. The van der Waals surface area contributed by atoms with Gasteiger partial charge >= 0.3 is 0 Å². The Morgan fingerprint density at radius 2 is 2.22 bits per heavy atom. The van der Waals surface area contributed by atoms with Gasteiger partial charge in [0.25, 0.3) is 5.91 Å². The van der Waals surface area contributed by atoms with Gasteiger partial charge in [-0.3, -0.25) is 4.79 Å². The van der Waals surface area contributed by atoms with Crippen LogP contribution in [0.25, 0.3) is 10.9 Å². The van der Waals surface area contributed by atoms with Gasteiger partial charge in [0.15, 0.2) is 0 Å². The number of morpholine rings is 1. The van der Waals surface area contributed by atoms with Crippen molar-refractivity contribution in [2.75, 3.05) is 32.1 Å². The predicted octanol–water partition coefficient (Wildman–Crippen LogP) is 2.21. The zero-order valence-corrected chi connectivity index (χ0v) is 17.9. The Labute approximate surface area is 184 Å². The number of nitrogens with zero attached hydrogens (tertiary/aromatic N) is 5. The van der Waals surface area contributed by atoms with Gasteiger partial charge in [-0.1, -0.05) is 0 Å². The van der Waals surface area contributed by atoms with Crippen LogP contribution in [0.15, 0.2) is 24.4 Å². The van der Waals surface area contributed by atoms with Crippen molar-refractivity contribution in [3.8, 4) is 5.88 Å². The van der Waals surface area contributed by atoms with Crippen LogP contribution in [0.3, 0.4) is 0 Å². The van der Waals surface area contributed by atoms with Gasteiger partial charge in [-0.15, -0.1) is 10.2 Å². The molecule has 5 heterocycles. The lowest BCUT2D eigenvalue weighted by Crippen LogP contribution is -2.44. The number of aromatic nitrogens is 4. The van der Waals surface area contributed by atoms with Gasteiger partial charge < -0.3 is 24.8 Å². The van der Waals surface area contributed by atoms with Crippen molar-refractivity contribution < 1.29 is 19.0 Å². The van der Waals surface area contributed by atoms with E-state index in [1.165, 1.54) is 0 Å². The molecule has 1 saturated heterocycles. The molecule has 0 radical (unpaired) electrons. The van der Waals surface area contributed by atoms with Crippen LogP contribution in [-0.2, 0) is 16.1 Å². The molecule has 2 aliphatic heterocycles. The highest BCUT2D eigenvalue weighted by Crippen LogP contribution is 2.38. The Bertz CT molecular complexity index is 1170. The summed E-state index contributed by atoms with van der Waals surface area (Å²) in [5, 5.41) is 9.18. The summed E-state index contributed by atoms with van der Waals surface area (Å²) in [5.74, 6) is 0.688. The van der Waals surface area contributed by atoms with Gasteiger partial charge in [-0.05, 0) is 31.5 Å². The highest BCUT2D eigenvalue weighted by atomic mass is 16.5. The number of hydrogen-bond acceptors (Lipinski definition) is 9. The molecule has 5 rings (SSSR count). The summed E-state index contributed by atoms with van der Waals surface area (Å²) < 4.78 is 16.8. The first-order valence-electron chi connectivity index (χ1n) is 10.6. The minimum Gasteiger partial charge on any atom is -0.477 e. The molecule has 2 N–H and O–H groups in total. The summed E-state index contributed by atoms with van der Waals surface area (Å²) in [5.41, 5.74) is 9.59. The molecule has 1 fully saturated rings. The van der Waals surface area contributed by atoms with E-state index in [-0.39, 0.29) is 18.1 Å². The number of nitrogen functional groups attached to an aromatic ring is 1. The number of nitrogens with two attached hydrogens (primary N) is 1. The molecule has 10 nitrogen and oxygen atoms in total. The van der Waals surface area contributed by atoms with Crippen LogP contribution in [0.4, 0.5) is 5.82 Å². The summed E-state index contributed by atoms with van der Waals surface area (Å²) in [4.78, 5) is 24.1. The normalized spacial score (nSPS) is 20.4. The first-order chi connectivity index (χ1) is 15.6. The van der Waals surface area contributed by atoms with E-state index in [0.29, 0.717) is 61.6 Å². The van der Waals surface area contributed by atoms with E-state index in [4.69, 9.17) is 19.9 Å². The summed E-state index contributed by atoms with van der Waals surface area (Å²) >= 11 is 0. The Morgan fingerprint density at radius 3 is 3.00 bits per heavy atom. The SMILES string of the molecule is CCOc1ccc([C@H]2COCCN2C(=O)c2cc3c4c(c(N)nc3cn2)[C@@H](C)OC4)nn1. The van der Waals surface area contributed by atoms with E-state index in [0.717, 1.165) is 16.5 Å². The smallest absolute Gasteiger partial charge is 0.273 e. The number of anilines is 1. The largest absolute Gasteiger partial charge is 0.477 e. The molecule has 0 aliphatic carbocycles. The van der Waals surface area contributed by atoms with Gasteiger partial charge in [0.1, 0.15) is 11.5 Å². The molecule has 3 aromatic heterocycles. The third kappa shape index (κ3) is 3.51. The second-order valence-electron chi connectivity index (χ2n) is 7.75. The number of rotatable bonds is 4. The highest BCUT2D eigenvalue weighted by molar-refractivity contribution is 5.97. The standard InChI is InChI=1S/C22H24N6O4/c1-3-31-19-5-4-15(26-27-19)18-11-30-7-6-28(18)22(29)16-8-13-14-10-32-12(2)20(14)21(23)25-17(13)9-24-16/h4-5,8-9,12,18H,3,6-7,10-11H2,1-2H3,(H2,23,25)/t12-,18-/m1/s1. The molecular weight excluding hydrogens is 412 g/mol. The number of carbonyl (C=O) groups is 1. The summed E-state index contributed by atoms with van der Waals surface area (Å²) in [6, 6.07) is 4.97. The number of fused-ring (bicyclic) bond motifs is 3. The lowest BCUT2D eigenvalue weighted by Gasteiger charge is -2.34. The number of ether oxygens (including phenoxy) is 3. The van der Waals surface area contributed by atoms with Crippen LogP contribution < -0.4 is 10.5 Å². The van der Waals surface area contributed by atoms with Crippen LogP contribution >= 0.6 is 0 Å². The number of hydrogen-bond donors (Lipinski definition) is 1. The first-order valence-corrected chi connectivity index (χ1v) is 10.6. The highest BCUT2D eigenvalue weighted by Gasteiger charge is 2.32. The third-order valence-electron chi connectivity index (χ3n) is 5.84. The van der Waals surface area contributed by atoms with Crippen molar-refractivity contribution in [2.45, 2.75) is 32.6 Å². The van der Waals surface area contributed by atoms with E-state index in [1.807, 2.05) is 19.9 Å². The van der Waals surface area contributed by atoms with Gasteiger partial charge in [-0.25, -0.2) is 9.97 Å². The molecule has 166 valence electrons. The second kappa shape index (κ2) is 8.29. The molecule has 10 heteroatoms. The summed E-state index contributed by atoms with van der Waals surface area (Å²) in [6.07, 6.45) is 1.46. The minimum atomic E-state index is -0.365. The van der Waals surface area contributed by atoms with E-state index in [1.54, 1.807) is 23.2 Å². The topological polar surface area (TPSA) is 126 Å². The lowest BCUT2D eigenvalue weighted by atomic mass is 10.0. The minimum absolute atomic E-state index is 0.129. The lowest BCUT2D eigenvalue weighted by molar-refractivity contribution is -0.00448. The first kappa shape index (κ1) is 20.5. The third-order valence-corrected chi connectivity index (χ3v) is 5.84. The predicted molar refractivity (Wildman–Crippen MR) is 115 cm³/mol. The zero-order chi connectivity index (χ0) is 22.2. The van der Waals surface area contributed by atoms with Gasteiger partial charge in [0.05, 0.1) is 56.0 Å². The van der Waals surface area contributed by atoms with Crippen LogP contribution in [-0.4, -0.2) is 57.3 Å². The Hall–Kier alpha value is -3.37. The number of pyridine rings is 2. The summed E-state index contributed by atoms with van der Waals surface area (Å²) in [7, 11) is 0. The molecule has 2 aliphatic rings. The molecule has 0 bridgehead atoms. The monoisotopic (exact) mass is 436 g/mol. The molecule has 32 heavy (non-hydrogen) atoms. The van der Waals surface area contributed by atoms with E-state index < -0.39 is 0 Å². The van der Waals surface area contributed by atoms with Crippen LogP contribution in [0.1, 0.15) is 53.3 Å². The van der Waals surface area contributed by atoms with Crippen molar-refractivity contribution in [2.24, 2.45) is 0 Å². The molecule has 0 aromatic carbocycles. The fraction of sp³-hybridized carbons (Fsp3) is 0.409. The van der Waals surface area contributed by atoms with Crippen molar-refractivity contribution in [3.63, 3.8) is 0 Å². The second-order valence-corrected chi connectivity index (χ2v) is 7.75. The zero-order valence-electron chi connectivity index (χ0n) is 17.9. The molecular formula is C22H24N6O4. The number of carbonyl (C=O) groups excluding carboxylic acids is 1. The van der Waals surface area contributed by atoms with E-state index >= 15 is 0 Å². The maximum Gasteiger partial charge on any atom is 0.273 e. The molecule has 3 aromatic rings. The van der Waals surface area contributed by atoms with Crippen molar-refractivity contribution in [3.05, 3.63) is 46.9 Å². The van der Waals surface area contributed by atoms with Gasteiger partial charge in [-0.2, -0.15) is 0 Å². The molecule has 0 saturated carbocycles. The number of amides is 1. The van der Waals surface area contributed by atoms with Crippen LogP contribution in [0.2, 0.25) is 0 Å². The van der Waals surface area contributed by atoms with E-state index in [9.17, 15) is 4.79 Å². The average molecular weight is 436 g/mol. The van der Waals surface area contributed by atoms with Gasteiger partial charge in [0, 0.05) is 23.6 Å². The molecule has 2 atom stereocenters. The van der Waals surface area contributed by atoms with Crippen molar-refractivity contribution in [1.29, 1.82) is 0 Å². The molecule has 0 unspecified atom stereocenters. The Morgan fingerprint density at radius 1 is 1.34 bits per heavy atom. The summed E-state index contributed by atoms with van der Waals surface area (Å²) in [6.45, 7) is 5.97. The van der Waals surface area contributed by atoms with Crippen LogP contribution in [0.5, 0.6) is 5.88 Å². The molecule has 1 amide bonds. The van der Waals surface area contributed by atoms with E-state index in [2.05, 4.69) is 20.2 Å².